The summed E-state index contributed by atoms with van der Waals surface area (Å²) in [5, 5.41) is 0. The molecule has 2 fully saturated rings. The number of halogens is 1. The van der Waals surface area contributed by atoms with Crippen LogP contribution in [0.2, 0.25) is 0 Å². The maximum atomic E-state index is 12.8. The highest BCUT2D eigenvalue weighted by atomic mass is 19.1. The van der Waals surface area contributed by atoms with E-state index in [0.29, 0.717) is 11.5 Å². The van der Waals surface area contributed by atoms with Crippen LogP contribution in [-0.2, 0) is 0 Å². The van der Waals surface area contributed by atoms with Gasteiger partial charge in [-0.2, -0.15) is 4.39 Å². The van der Waals surface area contributed by atoms with Crippen LogP contribution in [0, 0.1) is 17.8 Å². The summed E-state index contributed by atoms with van der Waals surface area (Å²) in [6.07, 6.45) is 7.66. The van der Waals surface area contributed by atoms with E-state index >= 15 is 0 Å². The van der Waals surface area contributed by atoms with E-state index in [1.54, 1.807) is 0 Å². The van der Waals surface area contributed by atoms with E-state index in [-0.39, 0.29) is 5.91 Å². The van der Waals surface area contributed by atoms with E-state index in [4.69, 9.17) is 0 Å². The van der Waals surface area contributed by atoms with Gasteiger partial charge in [-0.25, -0.2) is 4.98 Å². The molecule has 3 rings (SSSR count). The zero-order valence-corrected chi connectivity index (χ0v) is 11.0. The number of likely N-dealkylation sites (tertiary alicyclic amines) is 1. The minimum Gasteiger partial charge on any atom is -0.338 e. The molecule has 19 heavy (non-hydrogen) atoms. The molecule has 1 aromatic rings. The Kier molecular flexibility index (Phi) is 3.49. The summed E-state index contributed by atoms with van der Waals surface area (Å²) < 4.78 is 12.8. The van der Waals surface area contributed by atoms with Crippen LogP contribution in [0.3, 0.4) is 0 Å². The van der Waals surface area contributed by atoms with Crippen molar-refractivity contribution < 1.29 is 9.18 Å². The van der Waals surface area contributed by atoms with Crippen LogP contribution in [0.5, 0.6) is 0 Å². The van der Waals surface area contributed by atoms with Crippen molar-refractivity contribution in [2.75, 3.05) is 13.1 Å². The molecule has 0 bridgehead atoms. The Balaban J connectivity index is 1.69. The Labute approximate surface area is 112 Å². The molecule has 2 unspecified atom stereocenters. The molecule has 1 saturated heterocycles. The molecular formula is C15H19FN2O. The number of hydrogen-bond acceptors (Lipinski definition) is 2. The first kappa shape index (κ1) is 12.6. The van der Waals surface area contributed by atoms with Gasteiger partial charge in [0.05, 0.1) is 5.56 Å². The number of amides is 1. The first-order valence-electron chi connectivity index (χ1n) is 7.15. The van der Waals surface area contributed by atoms with Gasteiger partial charge in [-0.3, -0.25) is 4.79 Å². The van der Waals surface area contributed by atoms with E-state index in [2.05, 4.69) is 4.98 Å². The summed E-state index contributed by atoms with van der Waals surface area (Å²) >= 11 is 0. The summed E-state index contributed by atoms with van der Waals surface area (Å²) in [7, 11) is 0. The highest BCUT2D eigenvalue weighted by molar-refractivity contribution is 5.93. The summed E-state index contributed by atoms with van der Waals surface area (Å²) in [6, 6.07) is 2.78. The molecule has 0 radical (unpaired) electrons. The van der Waals surface area contributed by atoms with Crippen molar-refractivity contribution in [2.45, 2.75) is 32.1 Å². The van der Waals surface area contributed by atoms with E-state index in [0.717, 1.165) is 25.4 Å². The van der Waals surface area contributed by atoms with Crippen molar-refractivity contribution >= 4 is 5.91 Å². The van der Waals surface area contributed by atoms with Gasteiger partial charge in [0.2, 0.25) is 5.95 Å². The largest absolute Gasteiger partial charge is 0.338 e. The maximum Gasteiger partial charge on any atom is 0.255 e. The third kappa shape index (κ3) is 2.62. The standard InChI is InChI=1S/C15H19FN2O/c16-14-6-5-12(9-17-14)15(19)18-8-7-11-3-1-2-4-13(11)10-18/h5-6,9,11,13H,1-4,7-8,10H2. The minimum absolute atomic E-state index is 0.00322. The van der Waals surface area contributed by atoms with Gasteiger partial charge < -0.3 is 4.90 Å². The molecule has 102 valence electrons. The smallest absolute Gasteiger partial charge is 0.255 e. The van der Waals surface area contributed by atoms with Gasteiger partial charge in [-0.15, -0.1) is 0 Å². The first-order valence-corrected chi connectivity index (χ1v) is 7.15. The molecule has 1 aliphatic heterocycles. The van der Waals surface area contributed by atoms with Crippen molar-refractivity contribution in [3.05, 3.63) is 29.8 Å². The average Bonchev–Trinajstić information content (AvgIpc) is 2.47. The fourth-order valence-electron chi connectivity index (χ4n) is 3.47. The highest BCUT2D eigenvalue weighted by Crippen LogP contribution is 2.36. The number of fused-ring (bicyclic) bond motifs is 1. The van der Waals surface area contributed by atoms with Gasteiger partial charge in [-0.1, -0.05) is 19.3 Å². The molecule has 1 aliphatic carbocycles. The SMILES string of the molecule is O=C(c1ccc(F)nc1)N1CCC2CCCCC2C1. The quantitative estimate of drug-likeness (QED) is 0.729. The van der Waals surface area contributed by atoms with Crippen molar-refractivity contribution in [3.8, 4) is 0 Å². The van der Waals surface area contributed by atoms with E-state index in [9.17, 15) is 9.18 Å². The lowest BCUT2D eigenvalue weighted by Gasteiger charge is -2.41. The average molecular weight is 262 g/mol. The zero-order chi connectivity index (χ0) is 13.2. The predicted octanol–water partition coefficient (Wildman–Crippen LogP) is 2.87. The summed E-state index contributed by atoms with van der Waals surface area (Å²) in [6.45, 7) is 1.69. The molecule has 2 aliphatic rings. The van der Waals surface area contributed by atoms with Crippen LogP contribution in [-0.4, -0.2) is 28.9 Å². The van der Waals surface area contributed by atoms with Crippen LogP contribution >= 0.6 is 0 Å². The van der Waals surface area contributed by atoms with Crippen molar-refractivity contribution in [1.82, 2.24) is 9.88 Å². The van der Waals surface area contributed by atoms with Gasteiger partial charge in [0.1, 0.15) is 0 Å². The second kappa shape index (κ2) is 5.27. The van der Waals surface area contributed by atoms with Crippen molar-refractivity contribution in [1.29, 1.82) is 0 Å². The lowest BCUT2D eigenvalue weighted by atomic mass is 9.75. The monoisotopic (exact) mass is 262 g/mol. The van der Waals surface area contributed by atoms with Crippen LogP contribution in [0.1, 0.15) is 42.5 Å². The number of hydrogen-bond donors (Lipinski definition) is 0. The number of nitrogens with zero attached hydrogens (tertiary/aromatic N) is 2. The third-order valence-electron chi connectivity index (χ3n) is 4.55. The fourth-order valence-corrected chi connectivity index (χ4v) is 3.47. The van der Waals surface area contributed by atoms with Crippen LogP contribution in [0.15, 0.2) is 18.3 Å². The topological polar surface area (TPSA) is 33.2 Å². The number of carbonyl (C=O) groups excluding carboxylic acids is 1. The number of piperidine rings is 1. The molecule has 2 atom stereocenters. The number of pyridine rings is 1. The number of carbonyl (C=O) groups is 1. The molecule has 1 aromatic heterocycles. The second-order valence-corrected chi connectivity index (χ2v) is 5.71. The summed E-state index contributed by atoms with van der Waals surface area (Å²) in [5.74, 6) is 0.933. The molecule has 4 heteroatoms. The predicted molar refractivity (Wildman–Crippen MR) is 70.2 cm³/mol. The molecule has 2 heterocycles. The minimum atomic E-state index is -0.539. The van der Waals surface area contributed by atoms with Gasteiger partial charge >= 0.3 is 0 Å². The van der Waals surface area contributed by atoms with E-state index in [1.165, 1.54) is 44.0 Å². The van der Waals surface area contributed by atoms with E-state index < -0.39 is 5.95 Å². The van der Waals surface area contributed by atoms with Gasteiger partial charge in [0.15, 0.2) is 0 Å². The number of aromatic nitrogens is 1. The first-order chi connectivity index (χ1) is 9.24. The Morgan fingerprint density at radius 1 is 1.21 bits per heavy atom. The van der Waals surface area contributed by atoms with Crippen molar-refractivity contribution in [3.63, 3.8) is 0 Å². The number of rotatable bonds is 1. The Morgan fingerprint density at radius 2 is 2.00 bits per heavy atom. The molecule has 1 saturated carbocycles. The van der Waals surface area contributed by atoms with E-state index in [1.807, 2.05) is 4.90 Å². The molecule has 0 spiro atoms. The third-order valence-corrected chi connectivity index (χ3v) is 4.55. The highest BCUT2D eigenvalue weighted by Gasteiger charge is 2.33. The molecule has 0 aromatic carbocycles. The van der Waals surface area contributed by atoms with Gasteiger partial charge in [0, 0.05) is 19.3 Å². The Bertz CT molecular complexity index is 460. The van der Waals surface area contributed by atoms with Crippen LogP contribution < -0.4 is 0 Å². The Hall–Kier alpha value is -1.45. The normalized spacial score (nSPS) is 26.9. The van der Waals surface area contributed by atoms with Crippen molar-refractivity contribution in [2.24, 2.45) is 11.8 Å². The zero-order valence-electron chi connectivity index (χ0n) is 11.0. The van der Waals surface area contributed by atoms with Crippen LogP contribution in [0.4, 0.5) is 4.39 Å². The molecule has 3 nitrogen and oxygen atoms in total. The van der Waals surface area contributed by atoms with Crippen LogP contribution in [0.25, 0.3) is 0 Å². The Morgan fingerprint density at radius 3 is 2.74 bits per heavy atom. The second-order valence-electron chi connectivity index (χ2n) is 5.71. The lowest BCUT2D eigenvalue weighted by molar-refractivity contribution is 0.0520. The summed E-state index contributed by atoms with van der Waals surface area (Å²) in [4.78, 5) is 17.8. The lowest BCUT2D eigenvalue weighted by Crippen LogP contribution is -2.44. The maximum absolute atomic E-state index is 12.8. The molecular weight excluding hydrogens is 243 g/mol. The fraction of sp³-hybridized carbons (Fsp3) is 0.600. The molecule has 0 N–H and O–H groups in total. The summed E-state index contributed by atoms with van der Waals surface area (Å²) in [5.41, 5.74) is 0.496. The van der Waals surface area contributed by atoms with Gasteiger partial charge in [0.25, 0.3) is 5.91 Å². The molecule has 1 amide bonds. The van der Waals surface area contributed by atoms with Gasteiger partial charge in [-0.05, 0) is 36.8 Å².